The second-order valence-electron chi connectivity index (χ2n) is 4.32. The summed E-state index contributed by atoms with van der Waals surface area (Å²) in [4.78, 5) is 11.3. The van der Waals surface area contributed by atoms with Gasteiger partial charge in [-0.2, -0.15) is 17.4 Å². The van der Waals surface area contributed by atoms with Crippen LogP contribution in [0.4, 0.5) is 0 Å². The van der Waals surface area contributed by atoms with Crippen LogP contribution in [0, 0.1) is 0 Å². The van der Waals surface area contributed by atoms with Crippen molar-refractivity contribution in [3.8, 4) is 0 Å². The van der Waals surface area contributed by atoms with Crippen molar-refractivity contribution in [2.45, 2.75) is 6.04 Å². The van der Waals surface area contributed by atoms with E-state index in [2.05, 4.69) is 4.72 Å². The zero-order valence-corrected chi connectivity index (χ0v) is 11.5. The minimum absolute atomic E-state index is 0.219. The van der Waals surface area contributed by atoms with Crippen LogP contribution in [0.3, 0.4) is 0 Å². The molecular formula is C12H16N2O5S. The molecule has 1 fully saturated rings. The third kappa shape index (κ3) is 3.54. The van der Waals surface area contributed by atoms with E-state index in [9.17, 15) is 18.3 Å². The van der Waals surface area contributed by atoms with Crippen LogP contribution >= 0.6 is 0 Å². The van der Waals surface area contributed by atoms with Gasteiger partial charge in [-0.1, -0.05) is 30.3 Å². The van der Waals surface area contributed by atoms with E-state index in [0.717, 1.165) is 0 Å². The van der Waals surface area contributed by atoms with Gasteiger partial charge in [0, 0.05) is 13.1 Å². The lowest BCUT2D eigenvalue weighted by molar-refractivity contribution is -0.139. The van der Waals surface area contributed by atoms with E-state index in [1.54, 1.807) is 30.3 Å². The first-order chi connectivity index (χ1) is 9.50. The average molecular weight is 300 g/mol. The number of rotatable bonds is 5. The fraction of sp³-hybridized carbons (Fsp3) is 0.417. The predicted molar refractivity (Wildman–Crippen MR) is 71.3 cm³/mol. The Kier molecular flexibility index (Phi) is 4.71. The van der Waals surface area contributed by atoms with Gasteiger partial charge in [-0.05, 0) is 5.56 Å². The van der Waals surface area contributed by atoms with Crippen LogP contribution in [0.15, 0.2) is 30.3 Å². The standard InChI is InChI=1S/C12H16N2O5S/c15-12(16)11(10-4-2-1-3-5-10)13-20(17,18)14-6-8-19-9-7-14/h1-5,11,13H,6-9H2,(H,15,16)/t11-/m0/s1. The highest BCUT2D eigenvalue weighted by molar-refractivity contribution is 7.87. The summed E-state index contributed by atoms with van der Waals surface area (Å²) in [7, 11) is -3.85. The van der Waals surface area contributed by atoms with Gasteiger partial charge in [-0.25, -0.2) is 0 Å². The first-order valence-electron chi connectivity index (χ1n) is 6.13. The Hall–Kier alpha value is -1.48. The molecule has 1 aromatic carbocycles. The number of nitrogens with zero attached hydrogens (tertiary/aromatic N) is 1. The molecule has 1 saturated heterocycles. The van der Waals surface area contributed by atoms with Crippen LogP contribution in [-0.4, -0.2) is 50.1 Å². The number of hydrogen-bond acceptors (Lipinski definition) is 4. The van der Waals surface area contributed by atoms with Crippen LogP contribution < -0.4 is 4.72 Å². The van der Waals surface area contributed by atoms with Gasteiger partial charge in [-0.15, -0.1) is 0 Å². The number of carboxylic acids is 1. The maximum atomic E-state index is 12.2. The highest BCUT2D eigenvalue weighted by Gasteiger charge is 2.30. The molecular weight excluding hydrogens is 284 g/mol. The topological polar surface area (TPSA) is 95.9 Å². The number of carboxylic acid groups (broad SMARTS) is 1. The van der Waals surface area contributed by atoms with Gasteiger partial charge in [0.25, 0.3) is 10.2 Å². The number of morpholine rings is 1. The normalized spacial score (nSPS) is 18.6. The molecule has 0 unspecified atom stereocenters. The number of benzene rings is 1. The van der Waals surface area contributed by atoms with Crippen LogP contribution in [0.1, 0.15) is 11.6 Å². The Morgan fingerprint density at radius 1 is 1.25 bits per heavy atom. The van der Waals surface area contributed by atoms with E-state index in [4.69, 9.17) is 4.74 Å². The molecule has 1 heterocycles. The molecule has 2 rings (SSSR count). The lowest BCUT2D eigenvalue weighted by atomic mass is 10.1. The lowest BCUT2D eigenvalue weighted by Gasteiger charge is -2.27. The van der Waals surface area contributed by atoms with Gasteiger partial charge in [0.1, 0.15) is 6.04 Å². The smallest absolute Gasteiger partial charge is 0.326 e. The molecule has 0 aliphatic carbocycles. The lowest BCUT2D eigenvalue weighted by Crippen LogP contribution is -2.48. The molecule has 110 valence electrons. The van der Waals surface area contributed by atoms with E-state index < -0.39 is 22.2 Å². The molecule has 1 aromatic rings. The third-order valence-electron chi connectivity index (χ3n) is 2.96. The van der Waals surface area contributed by atoms with Gasteiger partial charge in [0.2, 0.25) is 0 Å². The SMILES string of the molecule is O=C(O)[C@@H](NS(=O)(=O)N1CCOCC1)c1ccccc1. The largest absolute Gasteiger partial charge is 0.480 e. The van der Waals surface area contributed by atoms with Gasteiger partial charge in [0.15, 0.2) is 0 Å². The number of aliphatic carboxylic acids is 1. The second-order valence-corrected chi connectivity index (χ2v) is 6.02. The molecule has 0 aromatic heterocycles. The van der Waals surface area contributed by atoms with Crippen LogP contribution in [-0.2, 0) is 19.7 Å². The fourth-order valence-electron chi connectivity index (χ4n) is 1.92. The predicted octanol–water partition coefficient (Wildman–Crippen LogP) is -0.0211. The third-order valence-corrected chi connectivity index (χ3v) is 4.54. The highest BCUT2D eigenvalue weighted by atomic mass is 32.2. The summed E-state index contributed by atoms with van der Waals surface area (Å²) < 4.78 is 32.8. The minimum Gasteiger partial charge on any atom is -0.480 e. The molecule has 2 N–H and O–H groups in total. The van der Waals surface area contributed by atoms with Crippen molar-refractivity contribution >= 4 is 16.2 Å². The van der Waals surface area contributed by atoms with Crippen molar-refractivity contribution < 1.29 is 23.1 Å². The first kappa shape index (κ1) is 14.9. The maximum absolute atomic E-state index is 12.2. The van der Waals surface area contributed by atoms with Gasteiger partial charge in [-0.3, -0.25) is 4.79 Å². The summed E-state index contributed by atoms with van der Waals surface area (Å²) in [6, 6.07) is 6.90. The zero-order chi connectivity index (χ0) is 14.6. The van der Waals surface area contributed by atoms with Gasteiger partial charge >= 0.3 is 5.97 Å². The average Bonchev–Trinajstić information content (AvgIpc) is 2.46. The number of carbonyl (C=O) groups is 1. The van der Waals surface area contributed by atoms with Crippen molar-refractivity contribution in [2.24, 2.45) is 0 Å². The molecule has 0 spiro atoms. The first-order valence-corrected chi connectivity index (χ1v) is 7.57. The summed E-state index contributed by atoms with van der Waals surface area (Å²) in [5, 5.41) is 9.22. The molecule has 1 aliphatic heterocycles. The molecule has 1 atom stereocenters. The minimum atomic E-state index is -3.85. The molecule has 0 bridgehead atoms. The van der Waals surface area contributed by atoms with Crippen molar-refractivity contribution in [3.05, 3.63) is 35.9 Å². The number of hydrogen-bond donors (Lipinski definition) is 2. The summed E-state index contributed by atoms with van der Waals surface area (Å²) in [6.45, 7) is 1.06. The summed E-state index contributed by atoms with van der Waals surface area (Å²) in [5.41, 5.74) is 0.386. The highest BCUT2D eigenvalue weighted by Crippen LogP contribution is 2.15. The van der Waals surface area contributed by atoms with Crippen molar-refractivity contribution in [2.75, 3.05) is 26.3 Å². The van der Waals surface area contributed by atoms with Crippen molar-refractivity contribution in [1.82, 2.24) is 9.03 Å². The van der Waals surface area contributed by atoms with E-state index >= 15 is 0 Å². The summed E-state index contributed by atoms with van der Waals surface area (Å²) in [5.74, 6) is -1.24. The molecule has 0 radical (unpaired) electrons. The Morgan fingerprint density at radius 3 is 2.40 bits per heavy atom. The molecule has 8 heteroatoms. The zero-order valence-electron chi connectivity index (χ0n) is 10.7. The van der Waals surface area contributed by atoms with Crippen LogP contribution in [0.5, 0.6) is 0 Å². The quantitative estimate of drug-likeness (QED) is 0.796. The van der Waals surface area contributed by atoms with E-state index in [1.165, 1.54) is 4.31 Å². The van der Waals surface area contributed by atoms with E-state index in [-0.39, 0.29) is 13.1 Å². The van der Waals surface area contributed by atoms with Gasteiger partial charge < -0.3 is 9.84 Å². The van der Waals surface area contributed by atoms with Crippen LogP contribution in [0.25, 0.3) is 0 Å². The Bertz CT molecular complexity index is 554. The molecule has 0 amide bonds. The van der Waals surface area contributed by atoms with Crippen LogP contribution in [0.2, 0.25) is 0 Å². The van der Waals surface area contributed by atoms with Crippen molar-refractivity contribution in [3.63, 3.8) is 0 Å². The number of nitrogens with one attached hydrogen (secondary N) is 1. The fourth-order valence-corrected chi connectivity index (χ4v) is 3.23. The summed E-state index contributed by atoms with van der Waals surface area (Å²) in [6.07, 6.45) is 0. The molecule has 20 heavy (non-hydrogen) atoms. The van der Waals surface area contributed by atoms with E-state index in [0.29, 0.717) is 18.8 Å². The molecule has 7 nitrogen and oxygen atoms in total. The molecule has 1 aliphatic rings. The van der Waals surface area contributed by atoms with E-state index in [1.807, 2.05) is 0 Å². The Morgan fingerprint density at radius 2 is 1.85 bits per heavy atom. The molecule has 0 saturated carbocycles. The second kappa shape index (κ2) is 6.31. The number of ether oxygens (including phenoxy) is 1. The van der Waals surface area contributed by atoms with Gasteiger partial charge in [0.05, 0.1) is 13.2 Å². The monoisotopic (exact) mass is 300 g/mol. The summed E-state index contributed by atoms with van der Waals surface area (Å²) >= 11 is 0. The Labute approximate surface area is 117 Å². The maximum Gasteiger partial charge on any atom is 0.326 e. The van der Waals surface area contributed by atoms with Crippen molar-refractivity contribution in [1.29, 1.82) is 0 Å². The Balaban J connectivity index is 2.18.